The molecular formula is C11H16O4. The molecule has 4 nitrogen and oxygen atoms in total. The van der Waals surface area contributed by atoms with Crippen LogP contribution in [0.2, 0.25) is 0 Å². The maximum atomic E-state index is 10.8. The fourth-order valence-corrected chi connectivity index (χ4v) is 1.21. The molecule has 0 fully saturated rings. The van der Waals surface area contributed by atoms with Gasteiger partial charge in [-0.3, -0.25) is 15.3 Å². The lowest BCUT2D eigenvalue weighted by Gasteiger charge is -2.10. The summed E-state index contributed by atoms with van der Waals surface area (Å²) in [6.45, 7) is 5.56. The average Bonchev–Trinajstić information content (AvgIpc) is 2.20. The molecule has 1 aromatic rings. The number of para-hydroxylation sites is 1. The lowest BCUT2D eigenvalue weighted by Crippen LogP contribution is -2.04. The second kappa shape index (κ2) is 6.98. The summed E-state index contributed by atoms with van der Waals surface area (Å²) in [5, 5.41) is 12.0. The summed E-state index contributed by atoms with van der Waals surface area (Å²) in [6, 6.07) is 7.60. The first-order valence-corrected chi connectivity index (χ1v) is 4.58. The molecule has 0 atom stereocenters. The second-order valence-electron chi connectivity index (χ2n) is 3.29. The molecule has 1 rings (SSSR count). The third kappa shape index (κ3) is 4.58. The molecule has 2 N–H and O–H groups in total. The van der Waals surface area contributed by atoms with E-state index in [4.69, 9.17) is 15.3 Å². The minimum Gasteiger partial charge on any atom is -0.426 e. The maximum Gasteiger partial charge on any atom is 0.308 e. The number of carbonyl (C=O) groups excluding carboxylic acids is 1. The van der Waals surface area contributed by atoms with Crippen molar-refractivity contribution in [1.29, 1.82) is 0 Å². The molecular weight excluding hydrogens is 196 g/mol. The number of rotatable bonds is 2. The van der Waals surface area contributed by atoms with Crippen LogP contribution < -0.4 is 4.74 Å². The van der Waals surface area contributed by atoms with Gasteiger partial charge in [-0.05, 0) is 17.5 Å². The standard InChI is InChI=1S/C11H14O2.H2O2/c1-8(2)10-6-4-5-7-11(10)13-9(3)12;1-2/h4-8H,1-3H3;1-2H. The zero-order valence-electron chi connectivity index (χ0n) is 9.10. The van der Waals surface area contributed by atoms with Gasteiger partial charge in [-0.25, -0.2) is 0 Å². The molecule has 0 aliphatic heterocycles. The Bertz CT molecular complexity index is 307. The van der Waals surface area contributed by atoms with Gasteiger partial charge in [0.2, 0.25) is 0 Å². The largest absolute Gasteiger partial charge is 0.426 e. The Labute approximate surface area is 89.1 Å². The van der Waals surface area contributed by atoms with Gasteiger partial charge < -0.3 is 4.74 Å². The SMILES string of the molecule is CC(=O)Oc1ccccc1C(C)C.OO. The number of hydrogen-bond donors (Lipinski definition) is 2. The molecule has 0 aliphatic carbocycles. The van der Waals surface area contributed by atoms with E-state index in [-0.39, 0.29) is 5.97 Å². The van der Waals surface area contributed by atoms with Crippen LogP contribution >= 0.6 is 0 Å². The monoisotopic (exact) mass is 212 g/mol. The molecule has 0 heterocycles. The van der Waals surface area contributed by atoms with E-state index in [0.29, 0.717) is 11.7 Å². The summed E-state index contributed by atoms with van der Waals surface area (Å²) in [6.07, 6.45) is 0. The minimum absolute atomic E-state index is 0.270. The zero-order chi connectivity index (χ0) is 11.8. The van der Waals surface area contributed by atoms with Crippen molar-refractivity contribution < 1.29 is 20.0 Å². The van der Waals surface area contributed by atoms with E-state index in [1.165, 1.54) is 6.92 Å². The van der Waals surface area contributed by atoms with Gasteiger partial charge in [-0.15, -0.1) is 0 Å². The molecule has 0 spiro atoms. The third-order valence-corrected chi connectivity index (χ3v) is 1.79. The highest BCUT2D eigenvalue weighted by Crippen LogP contribution is 2.25. The molecule has 0 aromatic heterocycles. The molecule has 0 aliphatic rings. The Balaban J connectivity index is 0.000000921. The van der Waals surface area contributed by atoms with Crippen molar-refractivity contribution in [3.05, 3.63) is 29.8 Å². The van der Waals surface area contributed by atoms with E-state index in [2.05, 4.69) is 13.8 Å². The smallest absolute Gasteiger partial charge is 0.308 e. The molecule has 0 bridgehead atoms. The Kier molecular flexibility index (Phi) is 6.33. The van der Waals surface area contributed by atoms with E-state index in [1.807, 2.05) is 24.3 Å². The van der Waals surface area contributed by atoms with Gasteiger partial charge >= 0.3 is 5.97 Å². The van der Waals surface area contributed by atoms with Crippen molar-refractivity contribution in [2.24, 2.45) is 0 Å². The Morgan fingerprint density at radius 3 is 2.27 bits per heavy atom. The van der Waals surface area contributed by atoms with Gasteiger partial charge in [0, 0.05) is 6.92 Å². The van der Waals surface area contributed by atoms with E-state index >= 15 is 0 Å². The molecule has 0 unspecified atom stereocenters. The number of benzene rings is 1. The van der Waals surface area contributed by atoms with Crippen molar-refractivity contribution in [2.75, 3.05) is 0 Å². The molecule has 0 saturated carbocycles. The van der Waals surface area contributed by atoms with Crippen molar-refractivity contribution in [1.82, 2.24) is 0 Å². The highest BCUT2D eigenvalue weighted by Gasteiger charge is 2.07. The van der Waals surface area contributed by atoms with Crippen LogP contribution in [0.15, 0.2) is 24.3 Å². The molecule has 0 radical (unpaired) electrons. The summed E-state index contributed by atoms with van der Waals surface area (Å²) < 4.78 is 5.07. The number of carbonyl (C=O) groups is 1. The lowest BCUT2D eigenvalue weighted by molar-refractivity contribution is -0.176. The summed E-state index contributed by atoms with van der Waals surface area (Å²) in [5.74, 6) is 0.772. The fourth-order valence-electron chi connectivity index (χ4n) is 1.21. The van der Waals surface area contributed by atoms with Crippen LogP contribution in [0.1, 0.15) is 32.3 Å². The summed E-state index contributed by atoms with van der Waals surface area (Å²) in [4.78, 5) is 10.8. The van der Waals surface area contributed by atoms with Crippen LogP contribution in [0.4, 0.5) is 0 Å². The topological polar surface area (TPSA) is 66.8 Å². The number of esters is 1. The Hall–Kier alpha value is -1.39. The highest BCUT2D eigenvalue weighted by atomic mass is 17.0. The molecule has 15 heavy (non-hydrogen) atoms. The summed E-state index contributed by atoms with van der Waals surface area (Å²) in [7, 11) is 0. The molecule has 4 heteroatoms. The van der Waals surface area contributed by atoms with Gasteiger partial charge in [0.1, 0.15) is 5.75 Å². The van der Waals surface area contributed by atoms with Gasteiger partial charge in [0.15, 0.2) is 0 Å². The normalized spacial score (nSPS) is 9.20. The van der Waals surface area contributed by atoms with Crippen LogP contribution in [0.5, 0.6) is 5.75 Å². The summed E-state index contributed by atoms with van der Waals surface area (Å²) >= 11 is 0. The molecule has 1 aromatic carbocycles. The average molecular weight is 212 g/mol. The molecule has 0 amide bonds. The van der Waals surface area contributed by atoms with Crippen molar-refractivity contribution in [3.8, 4) is 5.75 Å². The highest BCUT2D eigenvalue weighted by molar-refractivity contribution is 5.69. The van der Waals surface area contributed by atoms with E-state index in [1.54, 1.807) is 0 Å². The fraction of sp³-hybridized carbons (Fsp3) is 0.364. The van der Waals surface area contributed by atoms with Gasteiger partial charge in [-0.1, -0.05) is 32.0 Å². The van der Waals surface area contributed by atoms with Crippen LogP contribution in [0.25, 0.3) is 0 Å². The predicted octanol–water partition coefficient (Wildman–Crippen LogP) is 2.75. The Morgan fingerprint density at radius 1 is 1.27 bits per heavy atom. The Morgan fingerprint density at radius 2 is 1.80 bits per heavy atom. The quantitative estimate of drug-likeness (QED) is 0.342. The molecule has 0 saturated heterocycles. The minimum atomic E-state index is -0.270. The molecule has 84 valence electrons. The maximum absolute atomic E-state index is 10.8. The van der Waals surface area contributed by atoms with Crippen LogP contribution in [0.3, 0.4) is 0 Å². The first kappa shape index (κ1) is 13.6. The van der Waals surface area contributed by atoms with Gasteiger partial charge in [0.05, 0.1) is 0 Å². The second-order valence-corrected chi connectivity index (χ2v) is 3.29. The van der Waals surface area contributed by atoms with E-state index in [0.717, 1.165) is 5.56 Å². The van der Waals surface area contributed by atoms with Crippen molar-refractivity contribution in [2.45, 2.75) is 26.7 Å². The van der Waals surface area contributed by atoms with Crippen molar-refractivity contribution >= 4 is 5.97 Å². The summed E-state index contributed by atoms with van der Waals surface area (Å²) in [5.41, 5.74) is 1.07. The van der Waals surface area contributed by atoms with Crippen LogP contribution in [-0.4, -0.2) is 16.5 Å². The first-order chi connectivity index (χ1) is 7.11. The van der Waals surface area contributed by atoms with Crippen LogP contribution in [0, 0.1) is 0 Å². The third-order valence-electron chi connectivity index (χ3n) is 1.79. The van der Waals surface area contributed by atoms with Gasteiger partial charge in [0.25, 0.3) is 0 Å². The number of ether oxygens (including phenoxy) is 1. The van der Waals surface area contributed by atoms with Crippen molar-refractivity contribution in [3.63, 3.8) is 0 Å². The first-order valence-electron chi connectivity index (χ1n) is 4.58. The van der Waals surface area contributed by atoms with Gasteiger partial charge in [-0.2, -0.15) is 0 Å². The van der Waals surface area contributed by atoms with E-state index in [9.17, 15) is 4.79 Å². The van der Waals surface area contributed by atoms with Crippen LogP contribution in [-0.2, 0) is 4.79 Å². The predicted molar refractivity (Wildman–Crippen MR) is 57.1 cm³/mol. The zero-order valence-corrected chi connectivity index (χ0v) is 9.10. The number of hydrogen-bond acceptors (Lipinski definition) is 4. The van der Waals surface area contributed by atoms with E-state index < -0.39 is 0 Å². The lowest BCUT2D eigenvalue weighted by atomic mass is 10.0.